The zero-order chi connectivity index (χ0) is 72.2. The molecule has 2 aliphatic heterocycles. The number of likely N-dealkylation sites (N-methyl/N-ethyl adjacent to an activating group) is 2. The normalized spacial score (nSPS) is 13.8. The van der Waals surface area contributed by atoms with Crippen LogP contribution in [0.2, 0.25) is 0 Å². The molecule has 2 fully saturated rings. The van der Waals surface area contributed by atoms with Crippen LogP contribution >= 0.6 is 0 Å². The molecular formula is C70H86AgIN14O14S2. The van der Waals surface area contributed by atoms with Crippen molar-refractivity contribution in [3.63, 3.8) is 0 Å². The van der Waals surface area contributed by atoms with Gasteiger partial charge in [0, 0.05) is 128 Å². The van der Waals surface area contributed by atoms with Crippen LogP contribution in [0.1, 0.15) is 70.7 Å². The van der Waals surface area contributed by atoms with Crippen LogP contribution in [0.15, 0.2) is 159 Å². The molecule has 4 aromatic heterocycles. The molecule has 10 rings (SSSR count). The van der Waals surface area contributed by atoms with E-state index in [2.05, 4.69) is 102 Å². The summed E-state index contributed by atoms with van der Waals surface area (Å²) in [5, 5.41) is 16.2. The fraction of sp³-hybridized carbons (Fsp3) is 0.343. The second-order valence-corrected chi connectivity index (χ2v) is 26.2. The van der Waals surface area contributed by atoms with E-state index in [9.17, 15) is 19.2 Å². The molecule has 0 saturated carbocycles. The molecule has 0 bridgehead atoms. The van der Waals surface area contributed by atoms with Crippen molar-refractivity contribution in [2.24, 2.45) is 0 Å². The van der Waals surface area contributed by atoms with Crippen LogP contribution in [0, 0.1) is 13.8 Å². The van der Waals surface area contributed by atoms with E-state index < -0.39 is 22.4 Å². The van der Waals surface area contributed by atoms with Crippen molar-refractivity contribution in [1.29, 1.82) is 0 Å². The summed E-state index contributed by atoms with van der Waals surface area (Å²) in [5.74, 6) is 0.535. The molecule has 550 valence electrons. The number of anilines is 6. The SMILES string of the molecule is COOO[S-].CS(=O)(=O)[O-].Cc1ccc(NC(=O)c2ccc(CN3CC[N+](C)(COC(=O)OC(C)C)CC3)cc2)cc1Nc1nccc(-c2cccnc2)n1.Cc1ccc(NC(=O)c2ccc(CN3CC[N+](C)(COC(=O)OC(C)C)CC3)cc2)cc1Nc1nccc(-c2cccnc2)n1.[Ag+].[I-]. The predicted molar refractivity (Wildman–Crippen MR) is 378 cm³/mol. The average molecular weight is 1650 g/mol. The first-order valence-corrected chi connectivity index (χ1v) is 34.1. The number of benzene rings is 4. The van der Waals surface area contributed by atoms with Crippen LogP contribution in [-0.4, -0.2) is 191 Å². The number of carbonyl (C=O) groups excluding carboxylic acids is 4. The minimum Gasteiger partial charge on any atom is -1.00 e. The van der Waals surface area contributed by atoms with Crippen LogP contribution in [0.4, 0.5) is 44.2 Å². The number of rotatable bonds is 22. The van der Waals surface area contributed by atoms with Crippen LogP contribution < -0.4 is 45.2 Å². The van der Waals surface area contributed by atoms with E-state index in [1.165, 1.54) is 7.11 Å². The number of hydrogen-bond acceptors (Lipinski definition) is 25. The quantitative estimate of drug-likeness (QED) is 0.00752. The number of aromatic nitrogens is 6. The number of nitrogens with zero attached hydrogens (tertiary/aromatic N) is 10. The van der Waals surface area contributed by atoms with Gasteiger partial charge in [0.25, 0.3) is 11.8 Å². The Kier molecular flexibility index (Phi) is 34.7. The number of halogens is 1. The largest absolute Gasteiger partial charge is 1.00 e. The Morgan fingerprint density at radius 3 is 1.27 bits per heavy atom. The van der Waals surface area contributed by atoms with Crippen molar-refractivity contribution in [3.05, 3.63) is 192 Å². The Hall–Kier alpha value is -8.13. The van der Waals surface area contributed by atoms with Crippen molar-refractivity contribution in [1.82, 2.24) is 39.7 Å². The Morgan fingerprint density at radius 1 is 0.588 bits per heavy atom. The molecule has 0 atom stereocenters. The molecule has 4 aromatic carbocycles. The minimum absolute atomic E-state index is 0. The molecule has 28 nitrogen and oxygen atoms in total. The van der Waals surface area contributed by atoms with Gasteiger partial charge in [-0.25, -0.2) is 42.8 Å². The Balaban J connectivity index is 0.000000318. The molecule has 6 heterocycles. The number of nitrogens with one attached hydrogen (secondary N) is 4. The summed E-state index contributed by atoms with van der Waals surface area (Å²) in [5.41, 5.74) is 11.7. The zero-order valence-electron chi connectivity index (χ0n) is 58.3. The fourth-order valence-corrected chi connectivity index (χ4v) is 10.1. The molecule has 102 heavy (non-hydrogen) atoms. The van der Waals surface area contributed by atoms with E-state index in [0.29, 0.717) is 63.1 Å². The number of hydrogen-bond donors (Lipinski definition) is 4. The smallest absolute Gasteiger partial charge is 1.00 e. The maximum absolute atomic E-state index is 13.1. The van der Waals surface area contributed by atoms with Crippen LogP contribution in [0.3, 0.4) is 0 Å². The van der Waals surface area contributed by atoms with Crippen molar-refractivity contribution in [3.8, 4) is 22.5 Å². The van der Waals surface area contributed by atoms with Crippen molar-refractivity contribution >= 4 is 81.8 Å². The molecule has 4 N–H and O–H groups in total. The topological polar surface area (TPSA) is 322 Å². The number of quaternary nitrogens is 2. The third-order valence-corrected chi connectivity index (χ3v) is 15.6. The summed E-state index contributed by atoms with van der Waals surface area (Å²) >= 11 is 3.80. The van der Waals surface area contributed by atoms with Gasteiger partial charge in [0.15, 0.2) is 0 Å². The summed E-state index contributed by atoms with van der Waals surface area (Å²) in [7, 11) is 1.57. The van der Waals surface area contributed by atoms with E-state index in [-0.39, 0.29) is 70.4 Å². The molecule has 2 aliphatic rings. The second-order valence-electron chi connectivity index (χ2n) is 24.7. The van der Waals surface area contributed by atoms with E-state index in [1.807, 2.05) is 135 Å². The maximum Gasteiger partial charge on any atom is 1.00 e. The number of piperazine rings is 2. The molecule has 32 heteroatoms. The summed E-state index contributed by atoms with van der Waals surface area (Å²) in [6, 6.07) is 38.1. The molecular weight excluding hydrogens is 1560 g/mol. The van der Waals surface area contributed by atoms with Gasteiger partial charge in [-0.2, -0.15) is 0 Å². The summed E-state index contributed by atoms with van der Waals surface area (Å²) in [6.45, 7) is 20.3. The Bertz CT molecular complexity index is 3800. The molecule has 2 saturated heterocycles. The second kappa shape index (κ2) is 41.8. The number of amides is 2. The van der Waals surface area contributed by atoms with Gasteiger partial charge >= 0.3 is 34.7 Å². The first-order chi connectivity index (χ1) is 47.7. The van der Waals surface area contributed by atoms with E-state index in [4.69, 9.17) is 31.9 Å². The van der Waals surface area contributed by atoms with Gasteiger partial charge in [0.05, 0.1) is 81.1 Å². The fourth-order valence-electron chi connectivity index (χ4n) is 9.99. The Labute approximate surface area is 633 Å². The summed E-state index contributed by atoms with van der Waals surface area (Å²) in [4.78, 5) is 84.6. The standard InChI is InChI=1S/2C34H39N7O4.2CH4O3S.Ag.HI/c2*1-24(2)45-34(43)44-23-41(4)18-16-40(17-19-41)22-26-8-10-27(11-9-26)32(42)37-29-12-7-25(3)31(20-29)39-33-36-15-13-30(38-33)28-6-5-14-35-21-28;1-5(2,3)4;1-2-3-4-5;;/h2*5-15,20-21,24H,16-19,22-23H2,1-4H3,(H-,36,37,38,39,42);1H3,(H,2,3,4);5H,1H3;;1H/q;;;;+1;/p-1. The van der Waals surface area contributed by atoms with Crippen molar-refractivity contribution < 1.29 is 121 Å². The number of carbonyl (C=O) groups is 4. The van der Waals surface area contributed by atoms with E-state index in [0.717, 1.165) is 122 Å². The van der Waals surface area contributed by atoms with Gasteiger partial charge in [-0.3, -0.25) is 38.3 Å². The molecule has 0 radical (unpaired) electrons. The predicted octanol–water partition coefficient (Wildman–Crippen LogP) is 7.37. The molecule has 8 aromatic rings. The van der Waals surface area contributed by atoms with Gasteiger partial charge in [0.2, 0.25) is 25.4 Å². The number of ether oxygens (including phenoxy) is 4. The van der Waals surface area contributed by atoms with Crippen LogP contribution in [0.5, 0.6) is 0 Å². The first-order valence-electron chi connectivity index (χ1n) is 31.9. The zero-order valence-corrected chi connectivity index (χ0v) is 63.6. The minimum atomic E-state index is -3.92. The Morgan fingerprint density at radius 2 is 0.961 bits per heavy atom. The number of pyridine rings is 2. The van der Waals surface area contributed by atoms with Crippen LogP contribution in [-0.2, 0) is 91.7 Å². The maximum atomic E-state index is 13.1. The van der Waals surface area contributed by atoms with Crippen LogP contribution in [0.25, 0.3) is 22.5 Å². The first kappa shape index (κ1) is 84.5. The van der Waals surface area contributed by atoms with Crippen molar-refractivity contribution in [2.45, 2.75) is 66.8 Å². The molecule has 0 spiro atoms. The monoisotopic (exact) mass is 1640 g/mol. The summed E-state index contributed by atoms with van der Waals surface area (Å²) < 4.78 is 52.9. The molecule has 2 amide bonds. The van der Waals surface area contributed by atoms with Gasteiger partial charge in [-0.1, -0.05) is 41.4 Å². The van der Waals surface area contributed by atoms with Gasteiger partial charge in [-0.05, 0) is 149 Å². The third kappa shape index (κ3) is 29.7. The van der Waals surface area contributed by atoms with E-state index in [1.54, 1.807) is 64.9 Å². The van der Waals surface area contributed by atoms with Gasteiger partial charge in [-0.15, -0.1) is 0 Å². The van der Waals surface area contributed by atoms with Gasteiger partial charge in [0.1, 0.15) is 0 Å². The average Bonchev–Trinajstić information content (AvgIpc) is 0.847. The van der Waals surface area contributed by atoms with Gasteiger partial charge < -0.3 is 86.0 Å². The molecule has 0 unspecified atom stereocenters. The third-order valence-electron chi connectivity index (χ3n) is 15.5. The molecule has 0 aliphatic carbocycles. The summed E-state index contributed by atoms with van der Waals surface area (Å²) in [6.07, 6.45) is 9.35. The van der Waals surface area contributed by atoms with E-state index >= 15 is 0 Å². The number of aryl methyl sites for hydroxylation is 2. The van der Waals surface area contributed by atoms with Crippen molar-refractivity contribution in [2.75, 3.05) is 115 Å².